The highest BCUT2D eigenvalue weighted by molar-refractivity contribution is 5.12. The van der Waals surface area contributed by atoms with Gasteiger partial charge in [0.1, 0.15) is 0 Å². The van der Waals surface area contributed by atoms with Crippen LogP contribution in [-0.2, 0) is 0 Å². The topological polar surface area (TPSA) is 43.7 Å². The van der Waals surface area contributed by atoms with Gasteiger partial charge in [0.2, 0.25) is 0 Å². The molecule has 1 saturated heterocycles. The molecule has 3 nitrogen and oxygen atoms in total. The predicted molar refractivity (Wildman–Crippen MR) is 68.8 cm³/mol. The minimum absolute atomic E-state index is 0.121. The van der Waals surface area contributed by atoms with Crippen molar-refractivity contribution < 1.29 is 10.2 Å². The fourth-order valence-corrected chi connectivity index (χ4v) is 4.06. The van der Waals surface area contributed by atoms with Crippen LogP contribution in [0.1, 0.15) is 46.5 Å². The van der Waals surface area contributed by atoms with Gasteiger partial charge in [-0.05, 0) is 44.2 Å². The van der Waals surface area contributed by atoms with Gasteiger partial charge in [-0.15, -0.1) is 0 Å². The van der Waals surface area contributed by atoms with E-state index in [0.717, 1.165) is 45.3 Å². The molecule has 1 aliphatic carbocycles. The van der Waals surface area contributed by atoms with E-state index >= 15 is 0 Å². The number of hydrogen-bond acceptors (Lipinski definition) is 3. The highest BCUT2D eigenvalue weighted by Gasteiger charge is 2.60. The van der Waals surface area contributed by atoms with Gasteiger partial charge in [-0.2, -0.15) is 0 Å². The fraction of sp³-hybridized carbons (Fsp3) is 1.00. The van der Waals surface area contributed by atoms with Gasteiger partial charge < -0.3 is 15.1 Å². The first-order valence-electron chi connectivity index (χ1n) is 6.92. The van der Waals surface area contributed by atoms with Crippen molar-refractivity contribution in [1.82, 2.24) is 4.90 Å². The highest BCUT2D eigenvalue weighted by Crippen LogP contribution is 2.58. The first kappa shape index (κ1) is 13.3. The molecule has 17 heavy (non-hydrogen) atoms. The molecule has 1 heterocycles. The standard InChI is InChI=1S/C14H27NO2/c1-4-15-7-5-6-13(10-15,11-16)14(17)8-12(2,3)9-14/h16-17H,4-11H2,1-3H3. The van der Waals surface area contributed by atoms with Crippen LogP contribution in [0.25, 0.3) is 0 Å². The van der Waals surface area contributed by atoms with Crippen molar-refractivity contribution >= 4 is 0 Å². The maximum Gasteiger partial charge on any atom is 0.0748 e. The lowest BCUT2D eigenvalue weighted by Crippen LogP contribution is -2.66. The van der Waals surface area contributed by atoms with Crippen LogP contribution in [-0.4, -0.2) is 47.0 Å². The van der Waals surface area contributed by atoms with Gasteiger partial charge in [-0.25, -0.2) is 0 Å². The quantitative estimate of drug-likeness (QED) is 0.789. The third-order valence-electron chi connectivity index (χ3n) is 4.93. The summed E-state index contributed by atoms with van der Waals surface area (Å²) in [6.45, 7) is 9.66. The maximum absolute atomic E-state index is 10.8. The molecule has 0 aromatic rings. The summed E-state index contributed by atoms with van der Waals surface area (Å²) >= 11 is 0. The van der Waals surface area contributed by atoms with Crippen LogP contribution < -0.4 is 0 Å². The van der Waals surface area contributed by atoms with Crippen molar-refractivity contribution in [3.63, 3.8) is 0 Å². The number of rotatable bonds is 3. The zero-order chi connectivity index (χ0) is 12.7. The van der Waals surface area contributed by atoms with Crippen LogP contribution in [0.15, 0.2) is 0 Å². The molecular weight excluding hydrogens is 214 g/mol. The van der Waals surface area contributed by atoms with E-state index in [2.05, 4.69) is 25.7 Å². The van der Waals surface area contributed by atoms with Gasteiger partial charge in [0, 0.05) is 12.0 Å². The van der Waals surface area contributed by atoms with Gasteiger partial charge >= 0.3 is 0 Å². The second-order valence-electron chi connectivity index (χ2n) is 6.96. The van der Waals surface area contributed by atoms with Crippen LogP contribution in [0, 0.1) is 10.8 Å². The molecule has 0 bridgehead atoms. The van der Waals surface area contributed by atoms with E-state index in [1.54, 1.807) is 0 Å². The largest absolute Gasteiger partial charge is 0.396 e. The Kier molecular flexibility index (Phi) is 3.30. The molecule has 1 unspecified atom stereocenters. The molecule has 3 heteroatoms. The molecule has 1 aliphatic heterocycles. The zero-order valence-electron chi connectivity index (χ0n) is 11.5. The lowest BCUT2D eigenvalue weighted by atomic mass is 9.50. The number of likely N-dealkylation sites (tertiary alicyclic amines) is 1. The van der Waals surface area contributed by atoms with Gasteiger partial charge in [-0.3, -0.25) is 0 Å². The Hall–Kier alpha value is -0.120. The predicted octanol–water partition coefficient (Wildman–Crippen LogP) is 1.63. The second kappa shape index (κ2) is 4.22. The number of piperidine rings is 1. The molecule has 1 atom stereocenters. The summed E-state index contributed by atoms with van der Waals surface area (Å²) in [5.41, 5.74) is -0.679. The zero-order valence-corrected chi connectivity index (χ0v) is 11.5. The van der Waals surface area contributed by atoms with Crippen LogP contribution in [0.4, 0.5) is 0 Å². The van der Waals surface area contributed by atoms with Crippen LogP contribution in [0.3, 0.4) is 0 Å². The van der Waals surface area contributed by atoms with Crippen molar-refractivity contribution in [3.8, 4) is 0 Å². The molecule has 0 aromatic heterocycles. The van der Waals surface area contributed by atoms with E-state index in [0.29, 0.717) is 0 Å². The molecule has 1 saturated carbocycles. The summed E-state index contributed by atoms with van der Waals surface area (Å²) < 4.78 is 0. The van der Waals surface area contributed by atoms with Crippen molar-refractivity contribution in [1.29, 1.82) is 0 Å². The molecule has 2 fully saturated rings. The average Bonchev–Trinajstić information content (AvgIpc) is 2.26. The summed E-state index contributed by atoms with van der Waals surface area (Å²) in [7, 11) is 0. The van der Waals surface area contributed by atoms with Gasteiger partial charge in [0.15, 0.2) is 0 Å². The molecular formula is C14H27NO2. The van der Waals surface area contributed by atoms with Gasteiger partial charge in [0.05, 0.1) is 12.2 Å². The van der Waals surface area contributed by atoms with Crippen LogP contribution in [0.2, 0.25) is 0 Å². The third kappa shape index (κ3) is 2.13. The lowest BCUT2D eigenvalue weighted by Gasteiger charge is -2.61. The van der Waals surface area contributed by atoms with E-state index in [1.165, 1.54) is 0 Å². The summed E-state index contributed by atoms with van der Waals surface area (Å²) in [5.74, 6) is 0. The molecule has 2 N–H and O–H groups in total. The Bertz CT molecular complexity index is 282. The Balaban J connectivity index is 2.14. The lowest BCUT2D eigenvalue weighted by molar-refractivity contribution is -0.222. The summed E-state index contributed by atoms with van der Waals surface area (Å²) in [6.07, 6.45) is 3.72. The average molecular weight is 241 g/mol. The Morgan fingerprint density at radius 2 is 1.88 bits per heavy atom. The normalized spacial score (nSPS) is 36.5. The Morgan fingerprint density at radius 3 is 2.35 bits per heavy atom. The minimum atomic E-state index is -0.640. The molecule has 0 aromatic carbocycles. The number of aliphatic hydroxyl groups excluding tert-OH is 1. The fourth-order valence-electron chi connectivity index (χ4n) is 4.06. The smallest absolute Gasteiger partial charge is 0.0748 e. The summed E-state index contributed by atoms with van der Waals surface area (Å²) in [5, 5.41) is 20.7. The SMILES string of the molecule is CCN1CCCC(CO)(C2(O)CC(C)(C)C2)C1. The van der Waals surface area contributed by atoms with Crippen LogP contribution in [0.5, 0.6) is 0 Å². The highest BCUT2D eigenvalue weighted by atomic mass is 16.3. The van der Waals surface area contributed by atoms with Crippen molar-refractivity contribution in [2.75, 3.05) is 26.2 Å². The first-order valence-corrected chi connectivity index (χ1v) is 6.92. The van der Waals surface area contributed by atoms with E-state index in [9.17, 15) is 10.2 Å². The summed E-state index contributed by atoms with van der Waals surface area (Å²) in [4.78, 5) is 2.36. The minimum Gasteiger partial charge on any atom is -0.396 e. The first-order chi connectivity index (χ1) is 7.86. The number of aliphatic hydroxyl groups is 2. The maximum atomic E-state index is 10.8. The van der Waals surface area contributed by atoms with E-state index in [-0.39, 0.29) is 17.4 Å². The molecule has 100 valence electrons. The molecule has 2 rings (SSSR count). The van der Waals surface area contributed by atoms with E-state index in [4.69, 9.17) is 0 Å². The van der Waals surface area contributed by atoms with Gasteiger partial charge in [0.25, 0.3) is 0 Å². The number of nitrogens with zero attached hydrogens (tertiary/aromatic N) is 1. The van der Waals surface area contributed by atoms with Gasteiger partial charge in [-0.1, -0.05) is 20.8 Å². The number of hydrogen-bond donors (Lipinski definition) is 2. The second-order valence-corrected chi connectivity index (χ2v) is 6.96. The third-order valence-corrected chi connectivity index (χ3v) is 4.93. The monoisotopic (exact) mass is 241 g/mol. The molecule has 2 aliphatic rings. The van der Waals surface area contributed by atoms with Crippen molar-refractivity contribution in [3.05, 3.63) is 0 Å². The van der Waals surface area contributed by atoms with E-state index < -0.39 is 5.60 Å². The van der Waals surface area contributed by atoms with E-state index in [1.807, 2.05) is 0 Å². The van der Waals surface area contributed by atoms with Crippen LogP contribution >= 0.6 is 0 Å². The Labute approximate surface area is 105 Å². The van der Waals surface area contributed by atoms with Crippen molar-refractivity contribution in [2.45, 2.75) is 52.1 Å². The molecule has 0 amide bonds. The summed E-state index contributed by atoms with van der Waals surface area (Å²) in [6, 6.07) is 0. The van der Waals surface area contributed by atoms with Crippen molar-refractivity contribution in [2.24, 2.45) is 10.8 Å². The molecule has 0 spiro atoms. The Morgan fingerprint density at radius 1 is 1.24 bits per heavy atom. The molecule has 0 radical (unpaired) electrons.